The van der Waals surface area contributed by atoms with Crippen LogP contribution in [0.25, 0.3) is 0 Å². The first-order valence-electron chi connectivity index (χ1n) is 3.43. The van der Waals surface area contributed by atoms with Crippen LogP contribution in [0.5, 0.6) is 0 Å². The van der Waals surface area contributed by atoms with Crippen LogP contribution in [-0.2, 0) is 20.4 Å². The maximum Gasteiger partial charge on any atom is 0.318 e. The molecule has 13 heavy (non-hydrogen) atoms. The fourth-order valence-electron chi connectivity index (χ4n) is 0.868. The van der Waals surface area contributed by atoms with Gasteiger partial charge in [0.05, 0.1) is 5.75 Å². The van der Waals surface area contributed by atoms with Crippen molar-refractivity contribution in [3.8, 4) is 0 Å². The minimum Gasteiger partial charge on any atom is -0.480 e. The molecule has 0 bridgehead atoms. The number of aliphatic carboxylic acids is 1. The molecule has 1 N–H and O–H groups in total. The molecule has 0 fully saturated rings. The number of rotatable bonds is 4. The van der Waals surface area contributed by atoms with Gasteiger partial charge in [0.2, 0.25) is 0 Å². The van der Waals surface area contributed by atoms with Crippen LogP contribution in [0.2, 0.25) is 0 Å². The smallest absolute Gasteiger partial charge is 0.318 e. The fraction of sp³-hybridized carbons (Fsp3) is 0.286. The van der Waals surface area contributed by atoms with Crippen molar-refractivity contribution >= 4 is 27.1 Å². The molecule has 0 saturated carbocycles. The highest BCUT2D eigenvalue weighted by atomic mass is 32.2. The van der Waals surface area contributed by atoms with E-state index in [9.17, 15) is 13.2 Å². The second-order valence-electron chi connectivity index (χ2n) is 2.56. The van der Waals surface area contributed by atoms with Gasteiger partial charge in [-0.3, -0.25) is 4.79 Å². The molecule has 0 aliphatic carbocycles. The van der Waals surface area contributed by atoms with Gasteiger partial charge in [-0.15, -0.1) is 0 Å². The van der Waals surface area contributed by atoms with Crippen LogP contribution in [0.15, 0.2) is 16.8 Å². The van der Waals surface area contributed by atoms with Gasteiger partial charge in [0.15, 0.2) is 9.84 Å². The number of sulfone groups is 1. The molecule has 72 valence electrons. The van der Waals surface area contributed by atoms with Gasteiger partial charge in [0.25, 0.3) is 0 Å². The molecule has 0 aliphatic heterocycles. The first kappa shape index (κ1) is 10.2. The van der Waals surface area contributed by atoms with Gasteiger partial charge < -0.3 is 5.11 Å². The molecule has 0 saturated heterocycles. The van der Waals surface area contributed by atoms with Gasteiger partial charge in [-0.25, -0.2) is 8.42 Å². The normalized spacial score (nSPS) is 11.4. The highest BCUT2D eigenvalue weighted by molar-refractivity contribution is 7.91. The summed E-state index contributed by atoms with van der Waals surface area (Å²) in [5.74, 6) is -2.30. The van der Waals surface area contributed by atoms with Crippen molar-refractivity contribution in [1.29, 1.82) is 0 Å². The third-order valence-corrected chi connectivity index (χ3v) is 3.50. The van der Waals surface area contributed by atoms with E-state index in [1.54, 1.807) is 16.8 Å². The second kappa shape index (κ2) is 3.89. The van der Waals surface area contributed by atoms with Crippen molar-refractivity contribution in [3.05, 3.63) is 22.4 Å². The van der Waals surface area contributed by atoms with Crippen LogP contribution < -0.4 is 0 Å². The first-order valence-corrected chi connectivity index (χ1v) is 6.19. The van der Waals surface area contributed by atoms with Crippen molar-refractivity contribution in [2.24, 2.45) is 0 Å². The predicted molar refractivity (Wildman–Crippen MR) is 49.4 cm³/mol. The highest BCUT2D eigenvalue weighted by Gasteiger charge is 2.16. The first-order chi connectivity index (χ1) is 5.99. The summed E-state index contributed by atoms with van der Waals surface area (Å²) in [5.41, 5.74) is 0.645. The van der Waals surface area contributed by atoms with E-state index in [1.165, 1.54) is 11.3 Å². The Morgan fingerprint density at radius 1 is 1.54 bits per heavy atom. The van der Waals surface area contributed by atoms with Gasteiger partial charge in [-0.1, -0.05) is 0 Å². The molecule has 1 aromatic heterocycles. The zero-order chi connectivity index (χ0) is 9.90. The van der Waals surface area contributed by atoms with Gasteiger partial charge >= 0.3 is 5.97 Å². The summed E-state index contributed by atoms with van der Waals surface area (Å²) in [4.78, 5) is 10.2. The second-order valence-corrected chi connectivity index (χ2v) is 5.40. The van der Waals surface area contributed by atoms with E-state index in [2.05, 4.69) is 0 Å². The molecule has 4 nitrogen and oxygen atoms in total. The van der Waals surface area contributed by atoms with Gasteiger partial charge in [0, 0.05) is 0 Å². The van der Waals surface area contributed by atoms with Crippen molar-refractivity contribution in [2.45, 2.75) is 5.75 Å². The molecular formula is C7H8O4S2. The quantitative estimate of drug-likeness (QED) is 0.812. The highest BCUT2D eigenvalue weighted by Crippen LogP contribution is 2.10. The van der Waals surface area contributed by atoms with Gasteiger partial charge in [-0.2, -0.15) is 11.3 Å². The summed E-state index contributed by atoms with van der Waals surface area (Å²) in [5, 5.41) is 11.8. The average Bonchev–Trinajstić information content (AvgIpc) is 2.34. The number of thiophene rings is 1. The average molecular weight is 220 g/mol. The van der Waals surface area contributed by atoms with Gasteiger partial charge in [0.1, 0.15) is 5.75 Å². The Labute approximate surface area is 79.7 Å². The lowest BCUT2D eigenvalue weighted by Gasteiger charge is -1.97. The molecule has 6 heteroatoms. The van der Waals surface area contributed by atoms with Gasteiger partial charge in [-0.05, 0) is 22.4 Å². The van der Waals surface area contributed by atoms with Crippen molar-refractivity contribution in [2.75, 3.05) is 5.75 Å². The molecule has 0 unspecified atom stereocenters. The standard InChI is InChI=1S/C7H8O4S2/c8-7(9)5-13(10,11)4-6-1-2-12-3-6/h1-3H,4-5H2,(H,8,9). The minimum absolute atomic E-state index is 0.192. The number of hydrogen-bond acceptors (Lipinski definition) is 4. The maximum atomic E-state index is 11.1. The zero-order valence-electron chi connectivity index (χ0n) is 6.63. The van der Waals surface area contributed by atoms with Crippen LogP contribution >= 0.6 is 11.3 Å². The summed E-state index contributed by atoms with van der Waals surface area (Å²) >= 11 is 1.39. The lowest BCUT2D eigenvalue weighted by Crippen LogP contribution is -2.16. The number of carbonyl (C=O) groups is 1. The Morgan fingerprint density at radius 3 is 2.69 bits per heavy atom. The Bertz CT molecular complexity index is 377. The molecule has 0 aliphatic rings. The molecule has 0 atom stereocenters. The Hall–Kier alpha value is -0.880. The summed E-state index contributed by atoms with van der Waals surface area (Å²) < 4.78 is 22.3. The summed E-state index contributed by atoms with van der Waals surface area (Å²) in [6.45, 7) is 0. The van der Waals surface area contributed by atoms with E-state index in [0.29, 0.717) is 5.56 Å². The third-order valence-electron chi connectivity index (χ3n) is 1.31. The van der Waals surface area contributed by atoms with E-state index in [4.69, 9.17) is 5.11 Å². The number of carboxylic acid groups (broad SMARTS) is 1. The summed E-state index contributed by atoms with van der Waals surface area (Å²) in [6, 6.07) is 1.67. The summed E-state index contributed by atoms with van der Waals surface area (Å²) in [7, 11) is -3.50. The van der Waals surface area contributed by atoms with E-state index in [1.807, 2.05) is 0 Å². The summed E-state index contributed by atoms with van der Waals surface area (Å²) in [6.07, 6.45) is 0. The van der Waals surface area contributed by atoms with Crippen LogP contribution in [0.4, 0.5) is 0 Å². The number of hydrogen-bond donors (Lipinski definition) is 1. The molecule has 0 spiro atoms. The van der Waals surface area contributed by atoms with Crippen molar-refractivity contribution in [1.82, 2.24) is 0 Å². The topological polar surface area (TPSA) is 71.4 Å². The zero-order valence-corrected chi connectivity index (χ0v) is 8.27. The SMILES string of the molecule is O=C(O)CS(=O)(=O)Cc1ccsc1. The number of carboxylic acids is 1. The maximum absolute atomic E-state index is 11.1. The predicted octanol–water partition coefficient (Wildman–Crippen LogP) is 0.748. The van der Waals surface area contributed by atoms with E-state index < -0.39 is 21.6 Å². The minimum atomic E-state index is -3.50. The Balaban J connectivity index is 2.68. The molecule has 0 radical (unpaired) electrons. The van der Waals surface area contributed by atoms with Crippen molar-refractivity contribution < 1.29 is 18.3 Å². The Kier molecular flexibility index (Phi) is 3.05. The van der Waals surface area contributed by atoms with Crippen molar-refractivity contribution in [3.63, 3.8) is 0 Å². The molecule has 0 aromatic carbocycles. The Morgan fingerprint density at radius 2 is 2.23 bits per heavy atom. The largest absolute Gasteiger partial charge is 0.480 e. The lowest BCUT2D eigenvalue weighted by atomic mass is 10.4. The van der Waals surface area contributed by atoms with Crippen LogP contribution in [-0.4, -0.2) is 25.2 Å². The molecule has 1 rings (SSSR count). The monoisotopic (exact) mass is 220 g/mol. The lowest BCUT2D eigenvalue weighted by molar-refractivity contribution is -0.134. The van der Waals surface area contributed by atoms with Crippen LogP contribution in [0.3, 0.4) is 0 Å². The van der Waals surface area contributed by atoms with E-state index >= 15 is 0 Å². The molecule has 1 aromatic rings. The molecule has 0 amide bonds. The molecular weight excluding hydrogens is 212 g/mol. The fourth-order valence-corrected chi connectivity index (χ4v) is 2.81. The molecule has 1 heterocycles. The van der Waals surface area contributed by atoms with E-state index in [0.717, 1.165) is 0 Å². The van der Waals surface area contributed by atoms with Crippen LogP contribution in [0.1, 0.15) is 5.56 Å². The van der Waals surface area contributed by atoms with E-state index in [-0.39, 0.29) is 5.75 Å². The van der Waals surface area contributed by atoms with Crippen LogP contribution in [0, 0.1) is 0 Å². The third kappa shape index (κ3) is 3.56.